The highest BCUT2D eigenvalue weighted by Gasteiger charge is 2.46. The molecule has 0 bridgehead atoms. The fourth-order valence-electron chi connectivity index (χ4n) is 9.65. The predicted octanol–water partition coefficient (Wildman–Crippen LogP) is 14.3. The summed E-state index contributed by atoms with van der Waals surface area (Å²) in [6, 6.07) is 74.7. The maximum Gasteiger partial charge on any atom is 0.0713 e. The van der Waals surface area contributed by atoms with Crippen LogP contribution in [0.3, 0.4) is 0 Å². The van der Waals surface area contributed by atoms with Gasteiger partial charge in [-0.15, -0.1) is 11.3 Å². The third kappa shape index (κ3) is 4.35. The van der Waals surface area contributed by atoms with Crippen molar-refractivity contribution in [1.29, 1.82) is 0 Å². The normalized spacial score (nSPS) is 15.0. The zero-order chi connectivity index (χ0) is 36.1. The van der Waals surface area contributed by atoms with Crippen molar-refractivity contribution in [2.75, 3.05) is 0 Å². The Labute approximate surface area is 323 Å². The second kappa shape index (κ2) is 11.6. The molecule has 0 saturated heterocycles. The minimum atomic E-state index is -0.442. The average molecular weight is 716 g/mol. The van der Waals surface area contributed by atoms with Gasteiger partial charge in [-0.25, -0.2) is 0 Å². The van der Waals surface area contributed by atoms with E-state index < -0.39 is 5.41 Å². The molecule has 0 radical (unpaired) electrons. The summed E-state index contributed by atoms with van der Waals surface area (Å²) in [5, 5.41) is 7.68. The highest BCUT2D eigenvalue weighted by molar-refractivity contribution is 7.25. The molecule has 2 aromatic heterocycles. The van der Waals surface area contributed by atoms with Crippen molar-refractivity contribution in [1.82, 2.24) is 4.57 Å². The number of para-hydroxylation sites is 1. The van der Waals surface area contributed by atoms with Crippen LogP contribution in [0.25, 0.3) is 80.7 Å². The lowest BCUT2D eigenvalue weighted by atomic mass is 9.67. The van der Waals surface area contributed by atoms with Gasteiger partial charge in [-0.3, -0.25) is 0 Å². The van der Waals surface area contributed by atoms with Gasteiger partial charge in [-0.2, -0.15) is 0 Å². The monoisotopic (exact) mass is 715 g/mol. The molecule has 1 aliphatic carbocycles. The molecule has 1 unspecified atom stereocenters. The zero-order valence-corrected chi connectivity index (χ0v) is 30.7. The first kappa shape index (κ1) is 30.7. The molecule has 0 saturated carbocycles. The number of nitrogens with zero attached hydrogens (tertiary/aromatic N) is 1. The third-order valence-electron chi connectivity index (χ3n) is 12.1. The van der Waals surface area contributed by atoms with Crippen LogP contribution in [0, 0.1) is 0 Å². The molecule has 9 aromatic carbocycles. The molecule has 12 rings (SSSR count). The lowest BCUT2D eigenvalue weighted by Crippen LogP contribution is -2.28. The van der Waals surface area contributed by atoms with E-state index in [4.69, 9.17) is 0 Å². The van der Waals surface area contributed by atoms with E-state index in [1.54, 1.807) is 0 Å². The van der Waals surface area contributed by atoms with Gasteiger partial charge in [-0.1, -0.05) is 146 Å². The molecule has 1 aliphatic rings. The summed E-state index contributed by atoms with van der Waals surface area (Å²) in [6.45, 7) is 0. The van der Waals surface area contributed by atoms with Gasteiger partial charge < -0.3 is 4.57 Å². The predicted molar refractivity (Wildman–Crippen MR) is 234 cm³/mol. The van der Waals surface area contributed by atoms with Crippen molar-refractivity contribution in [2.45, 2.75) is 5.41 Å². The molecule has 0 aliphatic heterocycles. The summed E-state index contributed by atoms with van der Waals surface area (Å²) in [5.41, 5.74) is 13.5. The Kier molecular flexibility index (Phi) is 6.49. The largest absolute Gasteiger partial charge is 0.309 e. The van der Waals surface area contributed by atoms with Crippen molar-refractivity contribution >= 4 is 64.1 Å². The Morgan fingerprint density at radius 3 is 1.98 bits per heavy atom. The van der Waals surface area contributed by atoms with Crippen molar-refractivity contribution < 1.29 is 0 Å². The summed E-state index contributed by atoms with van der Waals surface area (Å²) in [4.78, 5) is 0. The summed E-state index contributed by atoms with van der Waals surface area (Å²) in [7, 11) is 0. The Morgan fingerprint density at radius 1 is 0.364 bits per heavy atom. The minimum Gasteiger partial charge on any atom is -0.309 e. The lowest BCUT2D eigenvalue weighted by Gasteiger charge is -2.34. The van der Waals surface area contributed by atoms with Crippen molar-refractivity contribution in [3.05, 3.63) is 222 Å². The molecule has 0 fully saturated rings. The van der Waals surface area contributed by atoms with Gasteiger partial charge in [-0.05, 0) is 110 Å². The average Bonchev–Trinajstić information content (AvgIpc) is 3.89. The van der Waals surface area contributed by atoms with Crippen LogP contribution in [0.4, 0.5) is 0 Å². The van der Waals surface area contributed by atoms with Gasteiger partial charge in [0.25, 0.3) is 0 Å². The van der Waals surface area contributed by atoms with Crippen molar-refractivity contribution in [2.24, 2.45) is 0 Å². The summed E-state index contributed by atoms with van der Waals surface area (Å²) in [5.74, 6) is 0. The number of thiophene rings is 1. The fourth-order valence-corrected chi connectivity index (χ4v) is 10.7. The number of rotatable bonds is 4. The van der Waals surface area contributed by atoms with E-state index in [0.29, 0.717) is 0 Å². The standard InChI is InChI=1S/C53H33NS/c1-2-14-38(15-3-1)53(39-25-22-34-12-4-5-13-35(34)30-39)47-19-9-6-16-41(47)44-31-36(23-27-48(44)53)37-24-28-50-45(32-37)42-17-7-10-20-49(42)54(50)40-26-29-52-46(33-40)43-18-8-11-21-51(43)55-52/h1-33H. The van der Waals surface area contributed by atoms with Crippen LogP contribution in [0.2, 0.25) is 0 Å². The van der Waals surface area contributed by atoms with Crippen LogP contribution < -0.4 is 0 Å². The van der Waals surface area contributed by atoms with Gasteiger partial charge in [0.1, 0.15) is 0 Å². The van der Waals surface area contributed by atoms with Gasteiger partial charge in [0.05, 0.1) is 16.4 Å². The maximum absolute atomic E-state index is 2.44. The SMILES string of the molecule is c1ccc(C2(c3ccc4ccccc4c3)c3ccccc3-c3cc(-c4ccc5c(c4)c4ccccc4n5-c4ccc5sc6ccccc6c5c4)ccc32)cc1. The first-order valence-corrected chi connectivity index (χ1v) is 19.8. The number of hydrogen-bond donors (Lipinski definition) is 0. The Balaban J connectivity index is 1.06. The molecular formula is C53H33NS. The number of benzene rings is 9. The molecule has 0 amide bonds. The van der Waals surface area contributed by atoms with Crippen LogP contribution in [0.5, 0.6) is 0 Å². The number of hydrogen-bond acceptors (Lipinski definition) is 1. The van der Waals surface area contributed by atoms with Crippen molar-refractivity contribution in [3.8, 4) is 27.9 Å². The first-order chi connectivity index (χ1) is 27.3. The highest BCUT2D eigenvalue weighted by atomic mass is 32.1. The van der Waals surface area contributed by atoms with Gasteiger partial charge >= 0.3 is 0 Å². The van der Waals surface area contributed by atoms with Crippen LogP contribution in [0.1, 0.15) is 22.3 Å². The minimum absolute atomic E-state index is 0.442. The van der Waals surface area contributed by atoms with Crippen LogP contribution in [0.15, 0.2) is 200 Å². The van der Waals surface area contributed by atoms with Gasteiger partial charge in [0.2, 0.25) is 0 Å². The first-order valence-electron chi connectivity index (χ1n) is 19.0. The van der Waals surface area contributed by atoms with E-state index in [1.807, 2.05) is 11.3 Å². The molecule has 0 spiro atoms. The Morgan fingerprint density at radius 2 is 1.05 bits per heavy atom. The molecule has 2 heterocycles. The second-order valence-corrected chi connectivity index (χ2v) is 15.9. The summed E-state index contributed by atoms with van der Waals surface area (Å²) in [6.07, 6.45) is 0. The van der Waals surface area contributed by atoms with Gasteiger partial charge in [0, 0.05) is 36.6 Å². The van der Waals surface area contributed by atoms with E-state index in [0.717, 1.165) is 0 Å². The zero-order valence-electron chi connectivity index (χ0n) is 29.9. The van der Waals surface area contributed by atoms with E-state index in [9.17, 15) is 0 Å². The number of fused-ring (bicyclic) bond motifs is 10. The van der Waals surface area contributed by atoms with Crippen molar-refractivity contribution in [3.63, 3.8) is 0 Å². The van der Waals surface area contributed by atoms with E-state index in [-0.39, 0.29) is 0 Å². The molecule has 2 heteroatoms. The Bertz CT molecular complexity index is 3330. The van der Waals surface area contributed by atoms with Crippen LogP contribution in [-0.2, 0) is 5.41 Å². The van der Waals surface area contributed by atoms with E-state index in [1.165, 1.54) is 103 Å². The topological polar surface area (TPSA) is 4.93 Å². The van der Waals surface area contributed by atoms with E-state index in [2.05, 4.69) is 205 Å². The van der Waals surface area contributed by atoms with Crippen LogP contribution in [-0.4, -0.2) is 4.57 Å². The fraction of sp³-hybridized carbons (Fsp3) is 0.0189. The molecule has 11 aromatic rings. The summed E-state index contributed by atoms with van der Waals surface area (Å²) >= 11 is 1.87. The van der Waals surface area contributed by atoms with E-state index >= 15 is 0 Å². The molecular weight excluding hydrogens is 683 g/mol. The molecule has 55 heavy (non-hydrogen) atoms. The highest BCUT2D eigenvalue weighted by Crippen LogP contribution is 2.57. The smallest absolute Gasteiger partial charge is 0.0713 e. The van der Waals surface area contributed by atoms with Gasteiger partial charge in [0.15, 0.2) is 0 Å². The Hall–Kier alpha value is -6.74. The quantitative estimate of drug-likeness (QED) is 0.171. The molecule has 0 N–H and O–H groups in total. The summed E-state index contributed by atoms with van der Waals surface area (Å²) < 4.78 is 5.09. The molecule has 256 valence electrons. The third-order valence-corrected chi connectivity index (χ3v) is 13.2. The maximum atomic E-state index is 2.44. The second-order valence-electron chi connectivity index (χ2n) is 14.8. The molecule has 1 nitrogen and oxygen atoms in total. The number of aromatic nitrogens is 1. The molecule has 1 atom stereocenters. The van der Waals surface area contributed by atoms with Crippen LogP contribution >= 0.6 is 11.3 Å². The lowest BCUT2D eigenvalue weighted by molar-refractivity contribution is 0.770.